The fourth-order valence-electron chi connectivity index (χ4n) is 3.17. The van der Waals surface area contributed by atoms with Crippen LogP contribution < -0.4 is 20.7 Å². The zero-order valence-electron chi connectivity index (χ0n) is 15.6. The third-order valence-electron chi connectivity index (χ3n) is 4.66. The molecule has 6 nitrogen and oxygen atoms in total. The molecule has 0 unspecified atom stereocenters. The predicted octanol–water partition coefficient (Wildman–Crippen LogP) is 4.18. The van der Waals surface area contributed by atoms with Crippen molar-refractivity contribution in [1.29, 1.82) is 0 Å². The van der Waals surface area contributed by atoms with Gasteiger partial charge in [0.05, 0.1) is 7.11 Å². The van der Waals surface area contributed by atoms with Gasteiger partial charge in [-0.1, -0.05) is 6.07 Å². The molecule has 3 N–H and O–H groups in total. The largest absolute Gasteiger partial charge is 0.497 e. The van der Waals surface area contributed by atoms with Crippen LogP contribution in [0.3, 0.4) is 0 Å². The minimum atomic E-state index is -0.208. The molecule has 28 heavy (non-hydrogen) atoms. The van der Waals surface area contributed by atoms with Crippen LogP contribution in [-0.4, -0.2) is 24.5 Å². The molecule has 1 amide bonds. The van der Waals surface area contributed by atoms with Crippen molar-refractivity contribution < 1.29 is 9.53 Å². The van der Waals surface area contributed by atoms with Crippen LogP contribution in [0.1, 0.15) is 28.0 Å². The second-order valence-electron chi connectivity index (χ2n) is 6.61. The SMILES string of the molecule is COc1ccc(Nc2nc(C(=O)Nc3ccc4c(c3)CNCCC4)cs2)cc1. The van der Waals surface area contributed by atoms with Crippen molar-refractivity contribution >= 4 is 33.8 Å². The Morgan fingerprint density at radius 1 is 1.14 bits per heavy atom. The Labute approximate surface area is 168 Å². The van der Waals surface area contributed by atoms with Crippen molar-refractivity contribution in [3.05, 3.63) is 64.7 Å². The van der Waals surface area contributed by atoms with E-state index in [1.807, 2.05) is 30.3 Å². The molecule has 0 saturated carbocycles. The van der Waals surface area contributed by atoms with Crippen LogP contribution in [0.4, 0.5) is 16.5 Å². The molecule has 2 heterocycles. The maximum atomic E-state index is 12.6. The Balaban J connectivity index is 1.42. The van der Waals surface area contributed by atoms with E-state index in [0.717, 1.165) is 43.1 Å². The number of benzene rings is 2. The lowest BCUT2D eigenvalue weighted by molar-refractivity contribution is 0.102. The number of aryl methyl sites for hydroxylation is 1. The fourth-order valence-corrected chi connectivity index (χ4v) is 3.88. The summed E-state index contributed by atoms with van der Waals surface area (Å²) < 4.78 is 5.16. The van der Waals surface area contributed by atoms with Gasteiger partial charge in [0.25, 0.3) is 5.91 Å². The van der Waals surface area contributed by atoms with Gasteiger partial charge in [-0.15, -0.1) is 11.3 Å². The van der Waals surface area contributed by atoms with Crippen LogP contribution in [0.5, 0.6) is 5.75 Å². The van der Waals surface area contributed by atoms with Crippen molar-refractivity contribution in [2.45, 2.75) is 19.4 Å². The van der Waals surface area contributed by atoms with Crippen LogP contribution in [0, 0.1) is 0 Å². The van der Waals surface area contributed by atoms with Gasteiger partial charge in [0.15, 0.2) is 5.13 Å². The van der Waals surface area contributed by atoms with E-state index in [0.29, 0.717) is 10.8 Å². The Morgan fingerprint density at radius 2 is 1.96 bits per heavy atom. The number of amides is 1. The third-order valence-corrected chi connectivity index (χ3v) is 5.42. The van der Waals surface area contributed by atoms with Crippen molar-refractivity contribution in [1.82, 2.24) is 10.3 Å². The number of hydrogen-bond donors (Lipinski definition) is 3. The summed E-state index contributed by atoms with van der Waals surface area (Å²) in [4.78, 5) is 17.0. The maximum absolute atomic E-state index is 12.6. The highest BCUT2D eigenvalue weighted by molar-refractivity contribution is 7.14. The number of fused-ring (bicyclic) bond motifs is 1. The number of aromatic nitrogens is 1. The monoisotopic (exact) mass is 394 g/mol. The van der Waals surface area contributed by atoms with Crippen LogP contribution >= 0.6 is 11.3 Å². The van der Waals surface area contributed by atoms with Gasteiger partial charge < -0.3 is 20.7 Å². The molecule has 4 rings (SSSR count). The molecular formula is C21H22N4O2S. The summed E-state index contributed by atoms with van der Waals surface area (Å²) in [6.07, 6.45) is 2.21. The number of thiazole rings is 1. The molecule has 144 valence electrons. The second-order valence-corrected chi connectivity index (χ2v) is 7.47. The topological polar surface area (TPSA) is 75.3 Å². The van der Waals surface area contributed by atoms with Crippen molar-refractivity contribution in [2.24, 2.45) is 0 Å². The third kappa shape index (κ3) is 4.32. The van der Waals surface area contributed by atoms with E-state index in [9.17, 15) is 4.79 Å². The lowest BCUT2D eigenvalue weighted by atomic mass is 10.0. The summed E-state index contributed by atoms with van der Waals surface area (Å²) in [5, 5.41) is 12.0. The highest BCUT2D eigenvalue weighted by Gasteiger charge is 2.13. The van der Waals surface area contributed by atoms with Gasteiger partial charge in [-0.05, 0) is 66.9 Å². The number of carbonyl (C=O) groups excluding carboxylic acids is 1. The molecule has 0 saturated heterocycles. The van der Waals surface area contributed by atoms with Crippen molar-refractivity contribution in [2.75, 3.05) is 24.3 Å². The van der Waals surface area contributed by atoms with Gasteiger partial charge in [-0.2, -0.15) is 0 Å². The highest BCUT2D eigenvalue weighted by Crippen LogP contribution is 2.24. The molecule has 0 bridgehead atoms. The lowest BCUT2D eigenvalue weighted by Gasteiger charge is -2.09. The average molecular weight is 395 g/mol. The zero-order chi connectivity index (χ0) is 19.3. The van der Waals surface area contributed by atoms with Crippen LogP contribution in [0.2, 0.25) is 0 Å². The Morgan fingerprint density at radius 3 is 2.79 bits per heavy atom. The molecule has 0 spiro atoms. The molecule has 7 heteroatoms. The number of rotatable bonds is 5. The number of nitrogens with zero attached hydrogens (tertiary/aromatic N) is 1. The van der Waals surface area contributed by atoms with Crippen molar-refractivity contribution in [3.8, 4) is 5.75 Å². The molecular weight excluding hydrogens is 372 g/mol. The summed E-state index contributed by atoms with van der Waals surface area (Å²) in [5.41, 5.74) is 4.68. The molecule has 0 aliphatic carbocycles. The van der Waals surface area contributed by atoms with Crippen LogP contribution in [0.25, 0.3) is 0 Å². The van der Waals surface area contributed by atoms with Gasteiger partial charge in [0, 0.05) is 23.3 Å². The summed E-state index contributed by atoms with van der Waals surface area (Å²) in [7, 11) is 1.63. The summed E-state index contributed by atoms with van der Waals surface area (Å²) in [5.74, 6) is 0.585. The first-order valence-corrected chi connectivity index (χ1v) is 10.1. The number of hydrogen-bond acceptors (Lipinski definition) is 6. The Bertz CT molecular complexity index is 969. The lowest BCUT2D eigenvalue weighted by Crippen LogP contribution is -2.14. The Hall–Kier alpha value is -2.90. The molecule has 0 atom stereocenters. The van der Waals surface area contributed by atoms with Gasteiger partial charge >= 0.3 is 0 Å². The van der Waals surface area contributed by atoms with Gasteiger partial charge in [-0.25, -0.2) is 4.98 Å². The number of methoxy groups -OCH3 is 1. The molecule has 0 fully saturated rings. The van der Waals surface area contributed by atoms with Crippen molar-refractivity contribution in [3.63, 3.8) is 0 Å². The van der Waals surface area contributed by atoms with E-state index in [1.165, 1.54) is 22.5 Å². The predicted molar refractivity (Wildman–Crippen MR) is 113 cm³/mol. The van der Waals surface area contributed by atoms with Gasteiger partial charge in [-0.3, -0.25) is 4.79 Å². The molecule has 0 radical (unpaired) electrons. The van der Waals surface area contributed by atoms with E-state index < -0.39 is 0 Å². The zero-order valence-corrected chi connectivity index (χ0v) is 16.4. The molecule has 1 aliphatic rings. The molecule has 1 aromatic heterocycles. The van der Waals surface area contributed by atoms with E-state index in [4.69, 9.17) is 4.74 Å². The fraction of sp³-hybridized carbons (Fsp3) is 0.238. The number of nitrogens with one attached hydrogen (secondary N) is 3. The normalized spacial score (nSPS) is 13.3. The van der Waals surface area contributed by atoms with Gasteiger partial charge in [0.2, 0.25) is 0 Å². The first kappa shape index (κ1) is 18.5. The van der Waals surface area contributed by atoms with Gasteiger partial charge in [0.1, 0.15) is 11.4 Å². The quantitative estimate of drug-likeness (QED) is 0.605. The first-order chi connectivity index (χ1) is 13.7. The second kappa shape index (κ2) is 8.41. The van der Waals surface area contributed by atoms with Crippen LogP contribution in [0.15, 0.2) is 47.8 Å². The molecule has 2 aromatic carbocycles. The smallest absolute Gasteiger partial charge is 0.275 e. The first-order valence-electron chi connectivity index (χ1n) is 9.22. The molecule has 3 aromatic rings. The van der Waals surface area contributed by atoms with E-state index >= 15 is 0 Å². The number of carbonyl (C=O) groups is 1. The maximum Gasteiger partial charge on any atom is 0.275 e. The standard InChI is InChI=1S/C21H22N4O2S/c1-27-18-8-6-16(7-9-18)24-21-25-19(13-28-21)20(26)23-17-5-4-14-3-2-10-22-12-15(14)11-17/h4-9,11,13,22H,2-3,10,12H2,1H3,(H,23,26)(H,24,25). The minimum Gasteiger partial charge on any atom is -0.497 e. The van der Waals surface area contributed by atoms with E-state index in [1.54, 1.807) is 12.5 Å². The average Bonchev–Trinajstić information content (AvgIpc) is 3.05. The highest BCUT2D eigenvalue weighted by atomic mass is 32.1. The van der Waals surface area contributed by atoms with E-state index in [2.05, 4.69) is 33.1 Å². The van der Waals surface area contributed by atoms with Crippen LogP contribution in [-0.2, 0) is 13.0 Å². The Kier molecular flexibility index (Phi) is 5.55. The summed E-state index contributed by atoms with van der Waals surface area (Å²) in [6, 6.07) is 13.7. The van der Waals surface area contributed by atoms with E-state index in [-0.39, 0.29) is 5.91 Å². The summed E-state index contributed by atoms with van der Waals surface area (Å²) >= 11 is 1.39. The summed E-state index contributed by atoms with van der Waals surface area (Å²) in [6.45, 7) is 1.87. The minimum absolute atomic E-state index is 0.208. The number of anilines is 3. The number of ether oxygens (including phenoxy) is 1. The molecule has 1 aliphatic heterocycles.